The van der Waals surface area contributed by atoms with Crippen LogP contribution in [0.15, 0.2) is 36.7 Å². The maximum absolute atomic E-state index is 12.1. The molecule has 0 unspecified atom stereocenters. The fourth-order valence-electron chi connectivity index (χ4n) is 3.74. The molecule has 0 spiro atoms. The quantitative estimate of drug-likeness (QED) is 0.535. The van der Waals surface area contributed by atoms with Gasteiger partial charge in [0.25, 0.3) is 0 Å². The number of ether oxygens (including phenoxy) is 2. The van der Waals surface area contributed by atoms with Gasteiger partial charge in [0.2, 0.25) is 11.8 Å². The number of hydrogen-bond donors (Lipinski definition) is 1. The molecule has 4 heterocycles. The molecule has 1 atom stereocenters. The highest BCUT2D eigenvalue weighted by atomic mass is 16.5. The molecule has 4 rings (SSSR count). The van der Waals surface area contributed by atoms with E-state index < -0.39 is 0 Å². The number of anilines is 1. The zero-order chi connectivity index (χ0) is 22.3. The topological polar surface area (TPSA) is 118 Å². The molecule has 0 aliphatic carbocycles. The first-order valence-electron chi connectivity index (χ1n) is 10.5. The highest BCUT2D eigenvalue weighted by Gasteiger charge is 2.24. The molecule has 3 aromatic rings. The van der Waals surface area contributed by atoms with Gasteiger partial charge < -0.3 is 19.7 Å². The molecule has 0 radical (unpaired) electrons. The smallest absolute Gasteiger partial charge is 0.236 e. The summed E-state index contributed by atoms with van der Waals surface area (Å²) in [5.74, 6) is 1.39. The van der Waals surface area contributed by atoms with E-state index in [1.807, 2.05) is 30.5 Å². The molecule has 0 aromatic carbocycles. The average molecular weight is 435 g/mol. The summed E-state index contributed by atoms with van der Waals surface area (Å²) < 4.78 is 12.6. The molecule has 1 fully saturated rings. The minimum Gasteiger partial charge on any atom is -0.475 e. The third kappa shape index (κ3) is 4.95. The lowest BCUT2D eigenvalue weighted by Gasteiger charge is -2.33. The van der Waals surface area contributed by atoms with E-state index in [1.54, 1.807) is 28.8 Å². The number of amides is 1. The van der Waals surface area contributed by atoms with Gasteiger partial charge in [0.1, 0.15) is 18.8 Å². The van der Waals surface area contributed by atoms with E-state index >= 15 is 0 Å². The van der Waals surface area contributed by atoms with E-state index in [9.17, 15) is 4.79 Å². The van der Waals surface area contributed by atoms with Crippen molar-refractivity contribution >= 4 is 17.2 Å². The number of methoxy groups -OCH3 is 1. The minimum atomic E-state index is -0.141. The zero-order valence-corrected chi connectivity index (χ0v) is 17.9. The Hall–Kier alpha value is -3.71. The lowest BCUT2D eigenvalue weighted by atomic mass is 10.1. The molecule has 1 amide bonds. The average Bonchev–Trinajstić information content (AvgIpc) is 3.24. The van der Waals surface area contributed by atoms with Crippen LogP contribution in [0.3, 0.4) is 0 Å². The molecule has 0 bridgehead atoms. The van der Waals surface area contributed by atoms with E-state index in [4.69, 9.17) is 19.7 Å². The van der Waals surface area contributed by atoms with E-state index in [2.05, 4.69) is 15.4 Å². The van der Waals surface area contributed by atoms with E-state index in [0.717, 1.165) is 23.9 Å². The maximum Gasteiger partial charge on any atom is 0.236 e. The highest BCUT2D eigenvalue weighted by molar-refractivity contribution is 5.78. The van der Waals surface area contributed by atoms with Crippen LogP contribution in [-0.4, -0.2) is 69.8 Å². The lowest BCUT2D eigenvalue weighted by Crippen LogP contribution is -2.45. The van der Waals surface area contributed by atoms with Crippen LogP contribution in [0.2, 0.25) is 0 Å². The molecule has 1 N–H and O–H groups in total. The Morgan fingerprint density at radius 1 is 1.34 bits per heavy atom. The first-order valence-corrected chi connectivity index (χ1v) is 10.5. The van der Waals surface area contributed by atoms with Crippen molar-refractivity contribution in [2.24, 2.45) is 0 Å². The van der Waals surface area contributed by atoms with E-state index in [-0.39, 0.29) is 18.4 Å². The summed E-state index contributed by atoms with van der Waals surface area (Å²) in [5, 5.41) is 16.6. The van der Waals surface area contributed by atoms with Crippen LogP contribution < -0.4 is 10.1 Å². The van der Waals surface area contributed by atoms with Crippen molar-refractivity contribution in [3.8, 4) is 23.3 Å². The predicted molar refractivity (Wildman–Crippen MR) is 117 cm³/mol. The van der Waals surface area contributed by atoms with Crippen LogP contribution >= 0.6 is 0 Å². The molecular formula is C22H25N7O3. The number of rotatable bonds is 8. The van der Waals surface area contributed by atoms with Crippen LogP contribution in [0.5, 0.6) is 5.88 Å². The fraction of sp³-hybridized carbons (Fsp3) is 0.409. The number of nitriles is 1. The second-order valence-electron chi connectivity index (χ2n) is 7.50. The normalized spacial score (nSPS) is 16.0. The number of piperidine rings is 1. The molecule has 0 saturated carbocycles. The van der Waals surface area contributed by atoms with Crippen molar-refractivity contribution in [2.45, 2.75) is 25.3 Å². The fourth-order valence-corrected chi connectivity index (χ4v) is 3.74. The largest absolute Gasteiger partial charge is 0.475 e. The molecule has 32 heavy (non-hydrogen) atoms. The number of carbonyl (C=O) groups excluding carboxylic acids is 1. The summed E-state index contributed by atoms with van der Waals surface area (Å²) in [6.07, 6.45) is 5.25. The van der Waals surface area contributed by atoms with Gasteiger partial charge in [-0.05, 0) is 25.0 Å². The number of nitrogens with zero attached hydrogens (tertiary/aromatic N) is 6. The molecule has 1 saturated heterocycles. The molecule has 166 valence electrons. The number of pyridine rings is 1. The molecule has 10 nitrogen and oxygen atoms in total. The van der Waals surface area contributed by atoms with Gasteiger partial charge in [0, 0.05) is 38.5 Å². The molecular weight excluding hydrogens is 410 g/mol. The van der Waals surface area contributed by atoms with Crippen LogP contribution in [0.1, 0.15) is 19.3 Å². The van der Waals surface area contributed by atoms with Gasteiger partial charge in [-0.25, -0.2) is 9.50 Å². The summed E-state index contributed by atoms with van der Waals surface area (Å²) in [7, 11) is 1.61. The van der Waals surface area contributed by atoms with Gasteiger partial charge in [-0.15, -0.1) is 0 Å². The lowest BCUT2D eigenvalue weighted by molar-refractivity contribution is -0.131. The summed E-state index contributed by atoms with van der Waals surface area (Å²) in [5.41, 5.74) is 1.68. The van der Waals surface area contributed by atoms with Gasteiger partial charge in [-0.2, -0.15) is 15.3 Å². The van der Waals surface area contributed by atoms with E-state index in [0.29, 0.717) is 43.8 Å². The second-order valence-corrected chi connectivity index (χ2v) is 7.50. The molecule has 10 heteroatoms. The van der Waals surface area contributed by atoms with Crippen molar-refractivity contribution in [1.82, 2.24) is 24.5 Å². The van der Waals surface area contributed by atoms with Gasteiger partial charge >= 0.3 is 0 Å². The Balaban J connectivity index is 1.59. The number of fused-ring (bicyclic) bond motifs is 1. The summed E-state index contributed by atoms with van der Waals surface area (Å²) in [6, 6.07) is 9.50. The van der Waals surface area contributed by atoms with Gasteiger partial charge in [0.15, 0.2) is 5.82 Å². The van der Waals surface area contributed by atoms with Gasteiger partial charge in [-0.1, -0.05) is 6.07 Å². The number of carbonyl (C=O) groups is 1. The summed E-state index contributed by atoms with van der Waals surface area (Å²) >= 11 is 0. The standard InChI is InChI=1S/C22H25N7O3/c1-31-11-12-32-20-13-19(25-16-5-4-9-28(15-16)21(30)7-8-23)26-22(27-20)17-14-24-29-10-3-2-6-18(17)29/h2-3,6,10,13-14,16H,4-5,7,9,11-12,15H2,1H3,(H,25,26,27)/t16-/m1/s1. The van der Waals surface area contributed by atoms with Crippen molar-refractivity contribution in [1.29, 1.82) is 5.26 Å². The summed E-state index contributed by atoms with van der Waals surface area (Å²) in [4.78, 5) is 23.2. The van der Waals surface area contributed by atoms with Crippen LogP contribution in [0.25, 0.3) is 16.9 Å². The van der Waals surface area contributed by atoms with Crippen LogP contribution in [0, 0.1) is 11.3 Å². The van der Waals surface area contributed by atoms with Crippen molar-refractivity contribution in [3.63, 3.8) is 0 Å². The number of hydrogen-bond acceptors (Lipinski definition) is 8. The number of aromatic nitrogens is 4. The predicted octanol–water partition coefficient (Wildman–Crippen LogP) is 2.13. The Labute approximate surface area is 185 Å². The monoisotopic (exact) mass is 435 g/mol. The van der Waals surface area contributed by atoms with Crippen molar-refractivity contribution in [3.05, 3.63) is 36.7 Å². The van der Waals surface area contributed by atoms with Crippen LogP contribution in [-0.2, 0) is 9.53 Å². The molecule has 1 aliphatic rings. The Morgan fingerprint density at radius 3 is 3.09 bits per heavy atom. The summed E-state index contributed by atoms with van der Waals surface area (Å²) in [6.45, 7) is 2.00. The Morgan fingerprint density at radius 2 is 2.25 bits per heavy atom. The van der Waals surface area contributed by atoms with Crippen LogP contribution in [0.4, 0.5) is 5.82 Å². The Kier molecular flexibility index (Phi) is 6.77. The van der Waals surface area contributed by atoms with Gasteiger partial charge in [0.05, 0.1) is 30.0 Å². The minimum absolute atomic E-state index is 0.0184. The molecule has 3 aromatic heterocycles. The first-order chi connectivity index (χ1) is 15.7. The maximum atomic E-state index is 12.1. The molecule has 1 aliphatic heterocycles. The number of nitrogens with one attached hydrogen (secondary N) is 1. The van der Waals surface area contributed by atoms with Crippen molar-refractivity contribution in [2.75, 3.05) is 38.7 Å². The van der Waals surface area contributed by atoms with Crippen molar-refractivity contribution < 1.29 is 14.3 Å². The van der Waals surface area contributed by atoms with Gasteiger partial charge in [-0.3, -0.25) is 4.79 Å². The third-order valence-electron chi connectivity index (χ3n) is 5.26. The Bertz CT molecular complexity index is 1120. The second kappa shape index (κ2) is 10.1. The van der Waals surface area contributed by atoms with E-state index in [1.165, 1.54) is 0 Å². The third-order valence-corrected chi connectivity index (χ3v) is 5.26. The zero-order valence-electron chi connectivity index (χ0n) is 17.9. The number of likely N-dealkylation sites (tertiary alicyclic amines) is 1. The SMILES string of the molecule is COCCOc1cc(N[C@@H]2CCCN(C(=O)CC#N)C2)nc(-c2cnn3ccccc23)n1. The first kappa shape index (κ1) is 21.5. The highest BCUT2D eigenvalue weighted by Crippen LogP contribution is 2.26.